The molecule has 1 aromatic carbocycles. The number of hydrogen-bond donors (Lipinski definition) is 2. The van der Waals surface area contributed by atoms with Crippen molar-refractivity contribution in [2.75, 3.05) is 11.2 Å². The zero-order valence-electron chi connectivity index (χ0n) is 9.87. The first-order valence-corrected chi connectivity index (χ1v) is 5.19. The summed E-state index contributed by atoms with van der Waals surface area (Å²) in [5.74, 6) is 1.08. The molecule has 1 heterocycles. The van der Waals surface area contributed by atoms with E-state index in [2.05, 4.69) is 20.5 Å². The first-order chi connectivity index (χ1) is 8.25. The van der Waals surface area contributed by atoms with Gasteiger partial charge in [0, 0.05) is 6.20 Å². The molecule has 94 valence electrons. The standard InChI is InChI=1S/C12H13N5.ClH/c1-9-14-7-10(12(13)16-9)8-15-17-11-5-3-2-4-6-11;/h2-8,17H,1H3,(H2,13,14,16);1H. The van der Waals surface area contributed by atoms with E-state index in [0.29, 0.717) is 17.2 Å². The van der Waals surface area contributed by atoms with Gasteiger partial charge in [0.25, 0.3) is 0 Å². The van der Waals surface area contributed by atoms with Crippen LogP contribution in [0.2, 0.25) is 0 Å². The summed E-state index contributed by atoms with van der Waals surface area (Å²) in [5, 5.41) is 4.07. The molecule has 0 amide bonds. The Morgan fingerprint density at radius 1 is 1.28 bits per heavy atom. The van der Waals surface area contributed by atoms with Crippen molar-refractivity contribution in [1.29, 1.82) is 0 Å². The molecule has 2 rings (SSSR count). The van der Waals surface area contributed by atoms with Crippen LogP contribution < -0.4 is 11.2 Å². The molecule has 2 aromatic rings. The normalized spacial score (nSPS) is 10.1. The van der Waals surface area contributed by atoms with Gasteiger partial charge in [-0.1, -0.05) is 18.2 Å². The van der Waals surface area contributed by atoms with E-state index in [0.717, 1.165) is 5.69 Å². The van der Waals surface area contributed by atoms with Crippen LogP contribution in [0.5, 0.6) is 0 Å². The van der Waals surface area contributed by atoms with Gasteiger partial charge in [0.2, 0.25) is 0 Å². The third-order valence-corrected chi connectivity index (χ3v) is 2.14. The second-order valence-corrected chi connectivity index (χ2v) is 3.49. The lowest BCUT2D eigenvalue weighted by atomic mass is 10.3. The predicted molar refractivity (Wildman–Crippen MR) is 76.1 cm³/mol. The molecular formula is C12H14ClN5. The van der Waals surface area contributed by atoms with Crippen LogP contribution in [0, 0.1) is 6.92 Å². The van der Waals surface area contributed by atoms with Gasteiger partial charge >= 0.3 is 0 Å². The van der Waals surface area contributed by atoms with Crippen LogP contribution in [0.4, 0.5) is 11.5 Å². The van der Waals surface area contributed by atoms with Gasteiger partial charge in [-0.25, -0.2) is 9.97 Å². The van der Waals surface area contributed by atoms with Crippen molar-refractivity contribution in [2.45, 2.75) is 6.92 Å². The molecule has 18 heavy (non-hydrogen) atoms. The van der Waals surface area contributed by atoms with Gasteiger partial charge in [-0.2, -0.15) is 5.10 Å². The second kappa shape index (κ2) is 6.56. The maximum absolute atomic E-state index is 5.73. The number of rotatable bonds is 3. The molecule has 0 radical (unpaired) electrons. The van der Waals surface area contributed by atoms with E-state index in [1.807, 2.05) is 30.3 Å². The molecule has 0 saturated heterocycles. The van der Waals surface area contributed by atoms with Crippen LogP contribution in [0.3, 0.4) is 0 Å². The van der Waals surface area contributed by atoms with Gasteiger partial charge in [0.1, 0.15) is 11.6 Å². The Hall–Kier alpha value is -2.14. The third kappa shape index (κ3) is 3.71. The van der Waals surface area contributed by atoms with Crippen molar-refractivity contribution in [3.8, 4) is 0 Å². The lowest BCUT2D eigenvalue weighted by Gasteiger charge is -2.00. The topological polar surface area (TPSA) is 76.2 Å². The Bertz CT molecular complexity index is 527. The summed E-state index contributed by atoms with van der Waals surface area (Å²) in [4.78, 5) is 8.10. The number of aryl methyl sites for hydroxylation is 1. The van der Waals surface area contributed by atoms with E-state index in [4.69, 9.17) is 5.73 Å². The monoisotopic (exact) mass is 263 g/mol. The van der Waals surface area contributed by atoms with Gasteiger partial charge in [0.05, 0.1) is 17.5 Å². The molecule has 0 unspecified atom stereocenters. The molecule has 0 saturated carbocycles. The highest BCUT2D eigenvalue weighted by atomic mass is 35.5. The first-order valence-electron chi connectivity index (χ1n) is 5.19. The quantitative estimate of drug-likeness (QED) is 0.658. The first kappa shape index (κ1) is 13.9. The molecule has 0 atom stereocenters. The fourth-order valence-corrected chi connectivity index (χ4v) is 1.29. The molecule has 0 aliphatic heterocycles. The lowest BCUT2D eigenvalue weighted by Crippen LogP contribution is -2.01. The van der Waals surface area contributed by atoms with Crippen molar-refractivity contribution in [1.82, 2.24) is 9.97 Å². The Morgan fingerprint density at radius 2 is 2.00 bits per heavy atom. The highest BCUT2D eigenvalue weighted by Gasteiger charge is 1.98. The summed E-state index contributed by atoms with van der Waals surface area (Å²) in [6, 6.07) is 9.65. The highest BCUT2D eigenvalue weighted by Crippen LogP contribution is 2.06. The van der Waals surface area contributed by atoms with Crippen LogP contribution in [0.1, 0.15) is 11.4 Å². The van der Waals surface area contributed by atoms with Crippen LogP contribution in [0.15, 0.2) is 41.6 Å². The molecule has 1 aromatic heterocycles. The largest absolute Gasteiger partial charge is 0.383 e. The summed E-state index contributed by atoms with van der Waals surface area (Å²) in [6.45, 7) is 1.79. The number of nitrogens with two attached hydrogens (primary N) is 1. The summed E-state index contributed by atoms with van der Waals surface area (Å²) < 4.78 is 0. The minimum Gasteiger partial charge on any atom is -0.383 e. The molecule has 0 spiro atoms. The Kier molecular flexibility index (Phi) is 5.07. The SMILES string of the molecule is Cc1ncc(C=NNc2ccccc2)c(N)n1.Cl. The molecule has 0 bridgehead atoms. The number of benzene rings is 1. The highest BCUT2D eigenvalue weighted by molar-refractivity contribution is 5.85. The average Bonchev–Trinajstić information content (AvgIpc) is 2.33. The van der Waals surface area contributed by atoms with E-state index in [-0.39, 0.29) is 12.4 Å². The van der Waals surface area contributed by atoms with Crippen molar-refractivity contribution in [3.63, 3.8) is 0 Å². The van der Waals surface area contributed by atoms with Crippen molar-refractivity contribution < 1.29 is 0 Å². The number of nitrogens with one attached hydrogen (secondary N) is 1. The number of hydrazone groups is 1. The second-order valence-electron chi connectivity index (χ2n) is 3.49. The summed E-state index contributed by atoms with van der Waals surface area (Å²) in [6.07, 6.45) is 3.25. The number of nitrogen functional groups attached to an aromatic ring is 1. The predicted octanol–water partition coefficient (Wildman–Crippen LogP) is 2.24. The maximum atomic E-state index is 5.73. The number of nitrogens with zero attached hydrogens (tertiary/aromatic N) is 3. The molecule has 3 N–H and O–H groups in total. The number of halogens is 1. The number of para-hydroxylation sites is 1. The molecule has 0 fully saturated rings. The molecule has 5 nitrogen and oxygen atoms in total. The number of anilines is 2. The molecule has 0 aliphatic carbocycles. The Labute approximate surface area is 112 Å². The molecular weight excluding hydrogens is 250 g/mol. The van der Waals surface area contributed by atoms with E-state index in [9.17, 15) is 0 Å². The van der Waals surface area contributed by atoms with E-state index >= 15 is 0 Å². The zero-order chi connectivity index (χ0) is 12.1. The zero-order valence-corrected chi connectivity index (χ0v) is 10.7. The Morgan fingerprint density at radius 3 is 2.67 bits per heavy atom. The van der Waals surface area contributed by atoms with Gasteiger partial charge in [0.15, 0.2) is 0 Å². The fourth-order valence-electron chi connectivity index (χ4n) is 1.29. The van der Waals surface area contributed by atoms with Crippen molar-refractivity contribution in [2.24, 2.45) is 5.10 Å². The smallest absolute Gasteiger partial charge is 0.136 e. The molecule has 0 aliphatic rings. The van der Waals surface area contributed by atoms with Crippen molar-refractivity contribution in [3.05, 3.63) is 47.9 Å². The summed E-state index contributed by atoms with van der Waals surface area (Å²) in [5.41, 5.74) is 10.2. The lowest BCUT2D eigenvalue weighted by molar-refractivity contribution is 1.06. The minimum atomic E-state index is 0. The number of aromatic nitrogens is 2. The van der Waals surface area contributed by atoms with Crippen LogP contribution in [-0.4, -0.2) is 16.2 Å². The number of hydrogen-bond acceptors (Lipinski definition) is 5. The van der Waals surface area contributed by atoms with E-state index in [1.165, 1.54) is 0 Å². The molecule has 6 heteroatoms. The third-order valence-electron chi connectivity index (χ3n) is 2.14. The van der Waals surface area contributed by atoms with Crippen LogP contribution in [-0.2, 0) is 0 Å². The van der Waals surface area contributed by atoms with E-state index < -0.39 is 0 Å². The minimum absolute atomic E-state index is 0. The van der Waals surface area contributed by atoms with Gasteiger partial charge in [-0.3, -0.25) is 5.43 Å². The van der Waals surface area contributed by atoms with Gasteiger partial charge in [-0.05, 0) is 19.1 Å². The van der Waals surface area contributed by atoms with Crippen molar-refractivity contribution >= 4 is 30.1 Å². The van der Waals surface area contributed by atoms with Gasteiger partial charge in [-0.15, -0.1) is 12.4 Å². The summed E-state index contributed by atoms with van der Waals surface area (Å²) >= 11 is 0. The fraction of sp³-hybridized carbons (Fsp3) is 0.0833. The maximum Gasteiger partial charge on any atom is 0.136 e. The Balaban J connectivity index is 0.00000162. The van der Waals surface area contributed by atoms with Crippen LogP contribution in [0.25, 0.3) is 0 Å². The van der Waals surface area contributed by atoms with Gasteiger partial charge < -0.3 is 5.73 Å². The van der Waals surface area contributed by atoms with Crippen LogP contribution >= 0.6 is 12.4 Å². The summed E-state index contributed by atoms with van der Waals surface area (Å²) in [7, 11) is 0. The average molecular weight is 264 g/mol. The van der Waals surface area contributed by atoms with E-state index in [1.54, 1.807) is 19.3 Å².